The zero-order valence-corrected chi connectivity index (χ0v) is 16.0. The molecular weight excluding hydrogens is 336 g/mol. The molecule has 2 heterocycles. The Morgan fingerprint density at radius 2 is 2.00 bits per heavy atom. The number of unbranched alkanes of at least 4 members (excludes halogenated alkanes) is 3. The highest BCUT2D eigenvalue weighted by atomic mass is 16.5. The number of methoxy groups -OCH3 is 1. The van der Waals surface area contributed by atoms with Gasteiger partial charge in [-0.15, -0.1) is 0 Å². The van der Waals surface area contributed by atoms with Gasteiger partial charge in [-0.3, -0.25) is 4.98 Å². The Bertz CT molecular complexity index is 926. The molecule has 0 fully saturated rings. The summed E-state index contributed by atoms with van der Waals surface area (Å²) in [5.41, 5.74) is 5.00. The summed E-state index contributed by atoms with van der Waals surface area (Å²) in [6.45, 7) is 3.16. The predicted molar refractivity (Wildman–Crippen MR) is 110 cm³/mol. The number of carbonyl (C=O) groups excluding carboxylic acids is 1. The van der Waals surface area contributed by atoms with E-state index < -0.39 is 0 Å². The molecular formula is C23H26N2O2. The number of nitrogens with zero attached hydrogens (tertiary/aromatic N) is 2. The molecule has 0 bridgehead atoms. The van der Waals surface area contributed by atoms with Crippen LogP contribution in [0.4, 0.5) is 0 Å². The molecule has 0 spiro atoms. The van der Waals surface area contributed by atoms with Gasteiger partial charge in [-0.2, -0.15) is 0 Å². The van der Waals surface area contributed by atoms with E-state index in [2.05, 4.69) is 51.5 Å². The van der Waals surface area contributed by atoms with Gasteiger partial charge in [-0.25, -0.2) is 4.79 Å². The first-order chi connectivity index (χ1) is 13.2. The van der Waals surface area contributed by atoms with Crippen molar-refractivity contribution >= 4 is 16.9 Å². The molecule has 140 valence electrons. The smallest absolute Gasteiger partial charge is 0.330 e. The first-order valence-electron chi connectivity index (χ1n) is 9.45. The molecule has 0 aliphatic heterocycles. The summed E-state index contributed by atoms with van der Waals surface area (Å²) in [6, 6.07) is 12.7. The van der Waals surface area contributed by atoms with Crippen LogP contribution in [0.15, 0.2) is 60.9 Å². The summed E-state index contributed by atoms with van der Waals surface area (Å²) in [7, 11) is 1.40. The summed E-state index contributed by atoms with van der Waals surface area (Å²) < 4.78 is 7.02. The number of esters is 1. The Labute approximate surface area is 160 Å². The average Bonchev–Trinajstić information content (AvgIpc) is 3.00. The second kappa shape index (κ2) is 9.17. The van der Waals surface area contributed by atoms with E-state index in [1.165, 1.54) is 35.3 Å². The third kappa shape index (κ3) is 4.45. The normalized spacial score (nSPS) is 11.3. The molecule has 3 rings (SSSR count). The number of pyridine rings is 1. The minimum atomic E-state index is -0.287. The van der Waals surface area contributed by atoms with Crippen LogP contribution < -0.4 is 0 Å². The van der Waals surface area contributed by atoms with Gasteiger partial charge in [0.2, 0.25) is 0 Å². The lowest BCUT2D eigenvalue weighted by atomic mass is 10.1. The van der Waals surface area contributed by atoms with E-state index in [0.29, 0.717) is 0 Å². The van der Waals surface area contributed by atoms with E-state index >= 15 is 0 Å². The number of rotatable bonds is 8. The molecule has 0 aliphatic carbocycles. The minimum absolute atomic E-state index is 0.287. The van der Waals surface area contributed by atoms with Gasteiger partial charge in [0.1, 0.15) is 0 Å². The number of fused-ring (bicyclic) bond motifs is 1. The highest BCUT2D eigenvalue weighted by molar-refractivity contribution is 5.91. The number of benzene rings is 1. The van der Waals surface area contributed by atoms with Gasteiger partial charge in [0.15, 0.2) is 0 Å². The first-order valence-corrected chi connectivity index (χ1v) is 9.45. The molecule has 2 aromatic heterocycles. The van der Waals surface area contributed by atoms with Gasteiger partial charge in [0.05, 0.1) is 12.8 Å². The second-order valence-corrected chi connectivity index (χ2v) is 6.66. The van der Waals surface area contributed by atoms with Gasteiger partial charge < -0.3 is 9.30 Å². The van der Waals surface area contributed by atoms with Crippen molar-refractivity contribution in [2.75, 3.05) is 7.11 Å². The van der Waals surface area contributed by atoms with Gasteiger partial charge in [0.25, 0.3) is 0 Å². The maximum atomic E-state index is 11.1. The lowest BCUT2D eigenvalue weighted by Gasteiger charge is -2.11. The van der Waals surface area contributed by atoms with Crippen molar-refractivity contribution < 1.29 is 9.53 Å². The molecule has 0 radical (unpaired) electrons. The highest BCUT2D eigenvalue weighted by Gasteiger charge is 2.15. The zero-order chi connectivity index (χ0) is 19.1. The lowest BCUT2D eigenvalue weighted by Crippen LogP contribution is -2.01. The van der Waals surface area contributed by atoms with Crippen LogP contribution in [0.5, 0.6) is 0 Å². The average molecular weight is 362 g/mol. The van der Waals surface area contributed by atoms with Crippen molar-refractivity contribution in [1.82, 2.24) is 9.55 Å². The second-order valence-electron chi connectivity index (χ2n) is 6.66. The molecule has 1 aromatic carbocycles. The molecule has 0 amide bonds. The summed E-state index contributed by atoms with van der Waals surface area (Å²) >= 11 is 0. The Hall–Kier alpha value is -2.88. The quantitative estimate of drug-likeness (QED) is 0.310. The monoisotopic (exact) mass is 362 g/mol. The molecule has 0 saturated heterocycles. The first kappa shape index (κ1) is 18.9. The van der Waals surface area contributed by atoms with Crippen molar-refractivity contribution in [2.45, 2.75) is 39.2 Å². The highest BCUT2D eigenvalue weighted by Crippen LogP contribution is 2.33. The fraction of sp³-hybridized carbons (Fsp3) is 0.304. The molecule has 4 heteroatoms. The molecule has 27 heavy (non-hydrogen) atoms. The number of aryl methyl sites for hydroxylation is 2. The van der Waals surface area contributed by atoms with Crippen molar-refractivity contribution in [3.05, 3.63) is 66.5 Å². The molecule has 3 aromatic rings. The summed E-state index contributed by atoms with van der Waals surface area (Å²) in [6.07, 6.45) is 11.3. The van der Waals surface area contributed by atoms with Crippen LogP contribution in [0.3, 0.4) is 0 Å². The predicted octanol–water partition coefficient (Wildman–Crippen LogP) is 5.30. The number of hydrogen-bond donors (Lipinski definition) is 0. The summed E-state index contributed by atoms with van der Waals surface area (Å²) in [5.74, 6) is -0.287. The molecule has 0 N–H and O–H groups in total. The number of allylic oxidation sites excluding steroid dienone is 1. The SMILES string of the molecule is COC(=O)C=CCCCCCn1c(-c2cccnc2)c(C)c2ccccc21. The van der Waals surface area contributed by atoms with E-state index in [9.17, 15) is 4.79 Å². The zero-order valence-electron chi connectivity index (χ0n) is 16.0. The van der Waals surface area contributed by atoms with Crippen LogP contribution in [0.1, 0.15) is 31.2 Å². The van der Waals surface area contributed by atoms with Gasteiger partial charge in [-0.05, 0) is 49.9 Å². The number of hydrogen-bond acceptors (Lipinski definition) is 3. The molecule has 4 nitrogen and oxygen atoms in total. The number of aromatic nitrogens is 2. The molecule has 0 atom stereocenters. The molecule has 0 saturated carbocycles. The minimum Gasteiger partial charge on any atom is -0.466 e. The standard InChI is InChI=1S/C23H26N2O2/c1-18-20-12-7-8-13-21(20)25(23(18)19-11-10-15-24-17-19)16-9-5-3-4-6-14-22(26)27-2/h6-8,10-15,17H,3-5,9,16H2,1-2H3. The van der Waals surface area contributed by atoms with Crippen LogP contribution in [0.2, 0.25) is 0 Å². The molecule has 0 unspecified atom stereocenters. The van der Waals surface area contributed by atoms with Crippen molar-refractivity contribution in [1.29, 1.82) is 0 Å². The fourth-order valence-corrected chi connectivity index (χ4v) is 3.54. The Morgan fingerprint density at radius 3 is 2.78 bits per heavy atom. The van der Waals surface area contributed by atoms with Crippen LogP contribution in [-0.2, 0) is 16.1 Å². The maximum absolute atomic E-state index is 11.1. The van der Waals surface area contributed by atoms with E-state index in [0.717, 1.165) is 37.8 Å². The van der Waals surface area contributed by atoms with E-state index in [-0.39, 0.29) is 5.97 Å². The van der Waals surface area contributed by atoms with Gasteiger partial charge >= 0.3 is 5.97 Å². The van der Waals surface area contributed by atoms with Gasteiger partial charge in [-0.1, -0.05) is 30.7 Å². The van der Waals surface area contributed by atoms with Crippen molar-refractivity contribution in [2.24, 2.45) is 0 Å². The maximum Gasteiger partial charge on any atom is 0.330 e. The number of ether oxygens (including phenoxy) is 1. The summed E-state index contributed by atoms with van der Waals surface area (Å²) in [5, 5.41) is 1.30. The third-order valence-corrected chi connectivity index (χ3v) is 4.87. The van der Waals surface area contributed by atoms with Crippen molar-refractivity contribution in [3.63, 3.8) is 0 Å². The Balaban J connectivity index is 1.72. The third-order valence-electron chi connectivity index (χ3n) is 4.87. The van der Waals surface area contributed by atoms with Crippen LogP contribution >= 0.6 is 0 Å². The van der Waals surface area contributed by atoms with E-state index in [4.69, 9.17) is 0 Å². The topological polar surface area (TPSA) is 44.1 Å². The molecule has 0 aliphatic rings. The largest absolute Gasteiger partial charge is 0.466 e. The van der Waals surface area contributed by atoms with Crippen molar-refractivity contribution in [3.8, 4) is 11.3 Å². The van der Waals surface area contributed by atoms with E-state index in [1.54, 1.807) is 0 Å². The van der Waals surface area contributed by atoms with Gasteiger partial charge in [0, 0.05) is 41.5 Å². The number of carbonyl (C=O) groups is 1. The van der Waals surface area contributed by atoms with Crippen LogP contribution in [0.25, 0.3) is 22.2 Å². The Morgan fingerprint density at radius 1 is 1.15 bits per heavy atom. The van der Waals surface area contributed by atoms with Crippen LogP contribution in [0, 0.1) is 6.92 Å². The number of para-hydroxylation sites is 1. The summed E-state index contributed by atoms with van der Waals surface area (Å²) in [4.78, 5) is 15.4. The Kier molecular flexibility index (Phi) is 6.42. The van der Waals surface area contributed by atoms with E-state index in [1.807, 2.05) is 24.5 Å². The lowest BCUT2D eigenvalue weighted by molar-refractivity contribution is -0.134. The van der Waals surface area contributed by atoms with Crippen LogP contribution in [-0.4, -0.2) is 22.6 Å². The fourth-order valence-electron chi connectivity index (χ4n) is 3.54.